The Bertz CT molecular complexity index is 381. The highest BCUT2D eigenvalue weighted by Crippen LogP contribution is 2.28. The fourth-order valence-corrected chi connectivity index (χ4v) is 1.46. The Morgan fingerprint density at radius 2 is 2.43 bits per heavy atom. The van der Waals surface area contributed by atoms with E-state index in [-0.39, 0.29) is 11.3 Å². The summed E-state index contributed by atoms with van der Waals surface area (Å²) < 4.78 is 7.18. The van der Waals surface area contributed by atoms with Crippen molar-refractivity contribution in [1.82, 2.24) is 9.78 Å². The van der Waals surface area contributed by atoms with Gasteiger partial charge in [-0.2, -0.15) is 5.10 Å². The Morgan fingerprint density at radius 1 is 1.71 bits per heavy atom. The molecule has 76 valence electrons. The van der Waals surface area contributed by atoms with Crippen molar-refractivity contribution in [2.45, 2.75) is 32.4 Å². The molecule has 0 spiro atoms. The number of carbonyl (C=O) groups is 1. The minimum Gasteiger partial charge on any atom is -0.476 e. The SMILES string of the molecule is CC1(C)CCn2nc(C(=O)O)cc2O1. The zero-order valence-corrected chi connectivity index (χ0v) is 8.15. The van der Waals surface area contributed by atoms with E-state index in [9.17, 15) is 4.79 Å². The van der Waals surface area contributed by atoms with Gasteiger partial charge in [-0.05, 0) is 13.8 Å². The van der Waals surface area contributed by atoms with Gasteiger partial charge in [0.25, 0.3) is 0 Å². The second kappa shape index (κ2) is 2.73. The number of hydrogen-bond donors (Lipinski definition) is 1. The number of nitrogens with zero attached hydrogens (tertiary/aromatic N) is 2. The third kappa shape index (κ3) is 1.45. The standard InChI is InChI=1S/C9H12N2O3/c1-9(2)3-4-11-7(14-9)5-6(10-11)8(12)13/h5H,3-4H2,1-2H3,(H,12,13). The average molecular weight is 196 g/mol. The second-order valence-electron chi connectivity index (χ2n) is 4.01. The molecule has 5 nitrogen and oxygen atoms in total. The third-order valence-electron chi connectivity index (χ3n) is 2.27. The maximum atomic E-state index is 10.6. The number of hydrogen-bond acceptors (Lipinski definition) is 3. The molecule has 5 heteroatoms. The van der Waals surface area contributed by atoms with Gasteiger partial charge in [0.1, 0.15) is 5.60 Å². The van der Waals surface area contributed by atoms with E-state index >= 15 is 0 Å². The number of carboxylic acid groups (broad SMARTS) is 1. The number of aryl methyl sites for hydroxylation is 1. The van der Waals surface area contributed by atoms with Gasteiger partial charge >= 0.3 is 5.97 Å². The highest BCUT2D eigenvalue weighted by atomic mass is 16.5. The second-order valence-corrected chi connectivity index (χ2v) is 4.01. The van der Waals surface area contributed by atoms with Crippen LogP contribution in [-0.4, -0.2) is 26.5 Å². The molecule has 0 radical (unpaired) electrons. The van der Waals surface area contributed by atoms with E-state index in [1.165, 1.54) is 6.07 Å². The molecule has 0 aliphatic carbocycles. The van der Waals surface area contributed by atoms with E-state index in [0.29, 0.717) is 12.4 Å². The number of aromatic carboxylic acids is 1. The normalized spacial score (nSPS) is 18.4. The summed E-state index contributed by atoms with van der Waals surface area (Å²) in [5.41, 5.74) is -0.191. The van der Waals surface area contributed by atoms with E-state index in [1.807, 2.05) is 13.8 Å². The highest BCUT2D eigenvalue weighted by Gasteiger charge is 2.28. The van der Waals surface area contributed by atoms with E-state index in [1.54, 1.807) is 4.68 Å². The molecule has 1 aliphatic rings. The smallest absolute Gasteiger partial charge is 0.356 e. The highest BCUT2D eigenvalue weighted by molar-refractivity contribution is 5.85. The van der Waals surface area contributed by atoms with Crippen LogP contribution < -0.4 is 4.74 Å². The lowest BCUT2D eigenvalue weighted by atomic mass is 10.0. The lowest BCUT2D eigenvalue weighted by molar-refractivity contribution is 0.0535. The maximum absolute atomic E-state index is 10.6. The predicted octanol–water partition coefficient (Wildman–Crippen LogP) is 1.14. The number of rotatable bonds is 1. The Kier molecular flexibility index (Phi) is 1.77. The first-order valence-corrected chi connectivity index (χ1v) is 4.48. The van der Waals surface area contributed by atoms with Crippen molar-refractivity contribution in [1.29, 1.82) is 0 Å². The largest absolute Gasteiger partial charge is 0.476 e. The molecule has 2 rings (SSSR count). The molecular formula is C9H12N2O3. The summed E-state index contributed by atoms with van der Waals surface area (Å²) in [7, 11) is 0. The quantitative estimate of drug-likeness (QED) is 0.731. The van der Waals surface area contributed by atoms with Gasteiger partial charge in [0, 0.05) is 19.0 Å². The predicted molar refractivity (Wildman–Crippen MR) is 48.5 cm³/mol. The zero-order chi connectivity index (χ0) is 10.3. The van der Waals surface area contributed by atoms with Crippen LogP contribution in [0, 0.1) is 0 Å². The number of ether oxygens (including phenoxy) is 1. The Hall–Kier alpha value is -1.52. The summed E-state index contributed by atoms with van der Waals surface area (Å²) in [6.07, 6.45) is 0.834. The van der Waals surface area contributed by atoms with Crippen molar-refractivity contribution in [3.63, 3.8) is 0 Å². The lowest BCUT2D eigenvalue weighted by Crippen LogP contribution is -2.34. The summed E-state index contributed by atoms with van der Waals surface area (Å²) >= 11 is 0. The fourth-order valence-electron chi connectivity index (χ4n) is 1.46. The van der Waals surface area contributed by atoms with Crippen LogP contribution in [0.4, 0.5) is 0 Å². The van der Waals surface area contributed by atoms with Crippen molar-refractivity contribution in [2.75, 3.05) is 0 Å². The van der Waals surface area contributed by atoms with Crippen LogP contribution in [0.1, 0.15) is 30.8 Å². The van der Waals surface area contributed by atoms with E-state index < -0.39 is 5.97 Å². The lowest BCUT2D eigenvalue weighted by Gasteiger charge is -2.30. The van der Waals surface area contributed by atoms with Crippen LogP contribution in [0.2, 0.25) is 0 Å². The molecule has 1 N–H and O–H groups in total. The first kappa shape index (κ1) is 9.05. The molecule has 14 heavy (non-hydrogen) atoms. The monoisotopic (exact) mass is 196 g/mol. The van der Waals surface area contributed by atoms with Gasteiger partial charge < -0.3 is 9.84 Å². The van der Waals surface area contributed by atoms with Gasteiger partial charge in [-0.3, -0.25) is 0 Å². The van der Waals surface area contributed by atoms with Gasteiger partial charge in [0.05, 0.1) is 0 Å². The summed E-state index contributed by atoms with van der Waals surface area (Å²) in [6.45, 7) is 4.66. The summed E-state index contributed by atoms with van der Waals surface area (Å²) in [4.78, 5) is 10.6. The van der Waals surface area contributed by atoms with Gasteiger partial charge in [-0.1, -0.05) is 0 Å². The molecule has 0 fully saturated rings. The van der Waals surface area contributed by atoms with E-state index in [4.69, 9.17) is 9.84 Å². The Balaban J connectivity index is 2.34. The molecule has 0 atom stereocenters. The molecule has 1 aromatic heterocycles. The van der Waals surface area contributed by atoms with Crippen LogP contribution >= 0.6 is 0 Å². The van der Waals surface area contributed by atoms with Crippen LogP contribution in [0.5, 0.6) is 5.88 Å². The fraction of sp³-hybridized carbons (Fsp3) is 0.556. The van der Waals surface area contributed by atoms with Crippen LogP contribution in [0.3, 0.4) is 0 Å². The van der Waals surface area contributed by atoms with Crippen LogP contribution in [0.15, 0.2) is 6.07 Å². The van der Waals surface area contributed by atoms with E-state index in [0.717, 1.165) is 6.42 Å². The number of fused-ring (bicyclic) bond motifs is 1. The molecule has 0 saturated heterocycles. The van der Waals surface area contributed by atoms with Crippen molar-refractivity contribution in [3.8, 4) is 5.88 Å². The van der Waals surface area contributed by atoms with Gasteiger partial charge in [0.2, 0.25) is 5.88 Å². The number of carboxylic acids is 1. The van der Waals surface area contributed by atoms with Gasteiger partial charge in [0.15, 0.2) is 5.69 Å². The van der Waals surface area contributed by atoms with Crippen molar-refractivity contribution < 1.29 is 14.6 Å². The molecular weight excluding hydrogens is 184 g/mol. The molecule has 0 amide bonds. The zero-order valence-electron chi connectivity index (χ0n) is 8.15. The van der Waals surface area contributed by atoms with Crippen LogP contribution in [-0.2, 0) is 6.54 Å². The van der Waals surface area contributed by atoms with Crippen molar-refractivity contribution in [2.24, 2.45) is 0 Å². The van der Waals surface area contributed by atoms with Gasteiger partial charge in [-0.25, -0.2) is 9.48 Å². The average Bonchev–Trinajstić information content (AvgIpc) is 2.45. The molecule has 2 heterocycles. The molecule has 1 aliphatic heterocycles. The van der Waals surface area contributed by atoms with Crippen LogP contribution in [0.25, 0.3) is 0 Å². The first-order chi connectivity index (χ1) is 6.48. The Morgan fingerprint density at radius 3 is 3.07 bits per heavy atom. The Labute approximate surface area is 81.3 Å². The molecule has 0 aromatic carbocycles. The summed E-state index contributed by atoms with van der Waals surface area (Å²) in [5, 5.41) is 12.6. The maximum Gasteiger partial charge on any atom is 0.356 e. The topological polar surface area (TPSA) is 64.4 Å². The molecule has 0 unspecified atom stereocenters. The van der Waals surface area contributed by atoms with Crippen molar-refractivity contribution in [3.05, 3.63) is 11.8 Å². The van der Waals surface area contributed by atoms with Crippen molar-refractivity contribution >= 4 is 5.97 Å². The van der Waals surface area contributed by atoms with E-state index in [2.05, 4.69) is 5.10 Å². The number of aromatic nitrogens is 2. The third-order valence-corrected chi connectivity index (χ3v) is 2.27. The molecule has 0 bridgehead atoms. The summed E-state index contributed by atoms with van der Waals surface area (Å²) in [5.74, 6) is -0.480. The minimum atomic E-state index is -1.02. The first-order valence-electron chi connectivity index (χ1n) is 4.48. The molecule has 0 saturated carbocycles. The minimum absolute atomic E-state index is 0.0395. The summed E-state index contributed by atoms with van der Waals surface area (Å²) in [6, 6.07) is 1.46. The molecule has 1 aromatic rings. The van der Waals surface area contributed by atoms with Gasteiger partial charge in [-0.15, -0.1) is 0 Å².